The Bertz CT molecular complexity index is 1290. The number of carbonyl (C=O) groups excluding carboxylic acids is 2. The molecule has 1 amide bonds. The third kappa shape index (κ3) is 4.49. The summed E-state index contributed by atoms with van der Waals surface area (Å²) in [5.74, 6) is -0.633. The predicted octanol–water partition coefficient (Wildman–Crippen LogP) is 5.17. The lowest BCUT2D eigenvalue weighted by atomic mass is 9.97. The molecular formula is C26H22FN3O2. The van der Waals surface area contributed by atoms with Crippen molar-refractivity contribution in [2.45, 2.75) is 20.4 Å². The lowest BCUT2D eigenvalue weighted by molar-refractivity contribution is 0.0996. The molecule has 1 heterocycles. The second-order valence-corrected chi connectivity index (χ2v) is 7.61. The van der Waals surface area contributed by atoms with Gasteiger partial charge in [0.15, 0.2) is 11.6 Å². The number of carbonyl (C=O) groups is 2. The van der Waals surface area contributed by atoms with Gasteiger partial charge in [-0.3, -0.25) is 14.3 Å². The Labute approximate surface area is 185 Å². The van der Waals surface area contributed by atoms with Crippen molar-refractivity contribution in [1.29, 1.82) is 0 Å². The van der Waals surface area contributed by atoms with Crippen LogP contribution in [0.3, 0.4) is 0 Å². The number of aromatic nitrogens is 2. The first-order valence-electron chi connectivity index (χ1n) is 10.2. The summed E-state index contributed by atoms with van der Waals surface area (Å²) in [4.78, 5) is 26.0. The van der Waals surface area contributed by atoms with E-state index < -0.39 is 5.91 Å². The quantitative estimate of drug-likeness (QED) is 0.432. The molecular weight excluding hydrogens is 405 g/mol. The molecule has 1 aromatic heterocycles. The van der Waals surface area contributed by atoms with Gasteiger partial charge >= 0.3 is 0 Å². The van der Waals surface area contributed by atoms with Gasteiger partial charge in [-0.1, -0.05) is 66.2 Å². The van der Waals surface area contributed by atoms with E-state index in [1.807, 2.05) is 26.0 Å². The summed E-state index contributed by atoms with van der Waals surface area (Å²) in [5, 5.41) is 7.15. The summed E-state index contributed by atoms with van der Waals surface area (Å²) in [6.07, 6.45) is 0. The van der Waals surface area contributed by atoms with Crippen molar-refractivity contribution in [3.8, 4) is 0 Å². The Morgan fingerprint density at radius 3 is 2.28 bits per heavy atom. The molecule has 0 aliphatic carbocycles. The third-order valence-corrected chi connectivity index (χ3v) is 5.23. The number of anilines is 1. The van der Waals surface area contributed by atoms with E-state index >= 15 is 0 Å². The van der Waals surface area contributed by atoms with E-state index in [0.29, 0.717) is 22.5 Å². The van der Waals surface area contributed by atoms with Crippen LogP contribution in [0, 0.1) is 19.7 Å². The van der Waals surface area contributed by atoms with E-state index in [-0.39, 0.29) is 23.7 Å². The van der Waals surface area contributed by atoms with Gasteiger partial charge in [-0.05, 0) is 26.0 Å². The zero-order valence-corrected chi connectivity index (χ0v) is 17.8. The number of aryl methyl sites for hydroxylation is 2. The summed E-state index contributed by atoms with van der Waals surface area (Å²) in [5.41, 5.74) is 3.42. The highest BCUT2D eigenvalue weighted by molar-refractivity contribution is 6.17. The van der Waals surface area contributed by atoms with Crippen LogP contribution in [-0.2, 0) is 6.54 Å². The van der Waals surface area contributed by atoms with Crippen molar-refractivity contribution in [2.75, 3.05) is 5.32 Å². The third-order valence-electron chi connectivity index (χ3n) is 5.23. The highest BCUT2D eigenvalue weighted by Crippen LogP contribution is 2.18. The van der Waals surface area contributed by atoms with Crippen LogP contribution in [0.5, 0.6) is 0 Å². The number of benzene rings is 3. The summed E-state index contributed by atoms with van der Waals surface area (Å²) < 4.78 is 15.6. The fraction of sp³-hybridized carbons (Fsp3) is 0.115. The monoisotopic (exact) mass is 427 g/mol. The molecule has 5 nitrogen and oxygen atoms in total. The van der Waals surface area contributed by atoms with Crippen LogP contribution in [0.4, 0.5) is 10.2 Å². The number of nitrogens with one attached hydrogen (secondary N) is 1. The molecule has 0 saturated heterocycles. The first-order chi connectivity index (χ1) is 15.4. The number of ketones is 1. The lowest BCUT2D eigenvalue weighted by Gasteiger charge is -2.09. The van der Waals surface area contributed by atoms with E-state index in [4.69, 9.17) is 0 Å². The zero-order valence-electron chi connectivity index (χ0n) is 17.8. The fourth-order valence-corrected chi connectivity index (χ4v) is 3.44. The molecule has 32 heavy (non-hydrogen) atoms. The maximum absolute atomic E-state index is 14.0. The van der Waals surface area contributed by atoms with Crippen LogP contribution >= 0.6 is 0 Å². The fourth-order valence-electron chi connectivity index (χ4n) is 3.44. The van der Waals surface area contributed by atoms with E-state index in [1.165, 1.54) is 6.07 Å². The summed E-state index contributed by atoms with van der Waals surface area (Å²) in [6, 6.07) is 22.1. The Kier molecular flexibility index (Phi) is 5.94. The normalized spacial score (nSPS) is 10.7. The maximum Gasteiger partial charge on any atom is 0.257 e. The standard InChI is InChI=1S/C26H22FN3O2/c1-17-11-13-19(14-12-17)25(31)21-8-4-5-9-22(21)26(32)28-24-15-18(2)30(29-24)16-20-7-3-6-10-23(20)27/h3-15H,16H2,1-2H3,(H,28,29,32). The van der Waals surface area contributed by atoms with Gasteiger partial charge in [-0.25, -0.2) is 4.39 Å². The average molecular weight is 427 g/mol. The SMILES string of the molecule is Cc1ccc(C(=O)c2ccccc2C(=O)Nc2cc(C)n(Cc3ccccc3F)n2)cc1. The Morgan fingerprint density at radius 1 is 0.906 bits per heavy atom. The van der Waals surface area contributed by atoms with Gasteiger partial charge in [0, 0.05) is 28.5 Å². The molecule has 0 spiro atoms. The summed E-state index contributed by atoms with van der Waals surface area (Å²) in [6.45, 7) is 4.03. The first kappa shape index (κ1) is 21.2. The second-order valence-electron chi connectivity index (χ2n) is 7.61. The van der Waals surface area contributed by atoms with Crippen LogP contribution in [0.15, 0.2) is 78.9 Å². The van der Waals surface area contributed by atoms with Gasteiger partial charge < -0.3 is 5.32 Å². The molecule has 0 fully saturated rings. The highest BCUT2D eigenvalue weighted by atomic mass is 19.1. The van der Waals surface area contributed by atoms with Crippen molar-refractivity contribution in [3.63, 3.8) is 0 Å². The molecule has 6 heteroatoms. The molecule has 0 aliphatic heterocycles. The molecule has 160 valence electrons. The van der Waals surface area contributed by atoms with E-state index in [2.05, 4.69) is 10.4 Å². The van der Waals surface area contributed by atoms with Crippen molar-refractivity contribution in [3.05, 3.63) is 118 Å². The first-order valence-corrected chi connectivity index (χ1v) is 10.2. The van der Waals surface area contributed by atoms with Crippen LogP contribution < -0.4 is 5.32 Å². The minimum Gasteiger partial charge on any atom is -0.305 e. The van der Waals surface area contributed by atoms with E-state index in [0.717, 1.165) is 11.3 Å². The highest BCUT2D eigenvalue weighted by Gasteiger charge is 2.19. The number of amides is 1. The van der Waals surface area contributed by atoms with Gasteiger partial charge in [0.1, 0.15) is 5.82 Å². The molecule has 0 saturated carbocycles. The van der Waals surface area contributed by atoms with Gasteiger partial charge in [0.25, 0.3) is 5.91 Å². The number of nitrogens with zero attached hydrogens (tertiary/aromatic N) is 2. The smallest absolute Gasteiger partial charge is 0.257 e. The number of halogens is 1. The average Bonchev–Trinajstić information content (AvgIpc) is 3.13. The summed E-state index contributed by atoms with van der Waals surface area (Å²) >= 11 is 0. The molecule has 0 aliphatic rings. The van der Waals surface area contributed by atoms with Crippen molar-refractivity contribution < 1.29 is 14.0 Å². The minimum absolute atomic E-state index is 0.225. The van der Waals surface area contributed by atoms with E-state index in [9.17, 15) is 14.0 Å². The van der Waals surface area contributed by atoms with Crippen LogP contribution in [-0.4, -0.2) is 21.5 Å². The predicted molar refractivity (Wildman–Crippen MR) is 121 cm³/mol. The van der Waals surface area contributed by atoms with Gasteiger partial charge in [-0.2, -0.15) is 5.10 Å². The number of rotatable bonds is 6. The van der Waals surface area contributed by atoms with Gasteiger partial charge in [-0.15, -0.1) is 0 Å². The molecule has 1 N–H and O–H groups in total. The molecule has 0 radical (unpaired) electrons. The van der Waals surface area contributed by atoms with Crippen molar-refractivity contribution >= 4 is 17.5 Å². The molecule has 4 aromatic rings. The second kappa shape index (κ2) is 8.98. The molecule has 0 bridgehead atoms. The summed E-state index contributed by atoms with van der Waals surface area (Å²) in [7, 11) is 0. The zero-order chi connectivity index (χ0) is 22.7. The molecule has 0 atom stereocenters. The Hall–Kier alpha value is -4.06. The van der Waals surface area contributed by atoms with Crippen LogP contribution in [0.25, 0.3) is 0 Å². The number of hydrogen-bond donors (Lipinski definition) is 1. The van der Waals surface area contributed by atoms with Gasteiger partial charge in [0.05, 0.1) is 12.1 Å². The molecule has 4 rings (SSSR count). The topological polar surface area (TPSA) is 64.0 Å². The van der Waals surface area contributed by atoms with Crippen molar-refractivity contribution in [1.82, 2.24) is 9.78 Å². The van der Waals surface area contributed by atoms with Crippen LogP contribution in [0.1, 0.15) is 43.1 Å². The maximum atomic E-state index is 14.0. The minimum atomic E-state index is -0.434. The van der Waals surface area contributed by atoms with Gasteiger partial charge in [0.2, 0.25) is 0 Å². The number of hydrogen-bond acceptors (Lipinski definition) is 3. The molecule has 3 aromatic carbocycles. The molecule has 0 unspecified atom stereocenters. The van der Waals surface area contributed by atoms with Crippen LogP contribution in [0.2, 0.25) is 0 Å². The van der Waals surface area contributed by atoms with Crippen molar-refractivity contribution in [2.24, 2.45) is 0 Å². The van der Waals surface area contributed by atoms with E-state index in [1.54, 1.807) is 65.3 Å². The Morgan fingerprint density at radius 2 is 1.56 bits per heavy atom. The lowest BCUT2D eigenvalue weighted by Crippen LogP contribution is -2.17. The Balaban J connectivity index is 1.56. The largest absolute Gasteiger partial charge is 0.305 e.